The molecule has 0 saturated carbocycles. The monoisotopic (exact) mass is 741 g/mol. The molecule has 0 fully saturated rings. The fourth-order valence-electron chi connectivity index (χ4n) is 8.70. The summed E-state index contributed by atoms with van der Waals surface area (Å²) in [5.41, 5.74) is 20.8. The molecule has 0 unspecified atom stereocenters. The Balaban J connectivity index is 0.997. The molecular weight excluding hydrogens is 699 g/mol. The number of hydrogen-bond acceptors (Lipinski definition) is 1. The summed E-state index contributed by atoms with van der Waals surface area (Å²) in [4.78, 5) is 2.40. The van der Waals surface area contributed by atoms with Gasteiger partial charge in [-0.15, -0.1) is 0 Å². The van der Waals surface area contributed by atoms with Gasteiger partial charge >= 0.3 is 0 Å². The summed E-state index contributed by atoms with van der Waals surface area (Å²) in [6.45, 7) is 4.75. The molecule has 58 heavy (non-hydrogen) atoms. The summed E-state index contributed by atoms with van der Waals surface area (Å²) in [6, 6.07) is 81.7. The number of nitrogens with zero attached hydrogens (tertiary/aromatic N) is 1. The Hall–Kier alpha value is -7.22. The first-order valence-corrected chi connectivity index (χ1v) is 20.2. The molecule has 0 bridgehead atoms. The summed E-state index contributed by atoms with van der Waals surface area (Å²) < 4.78 is 0. The van der Waals surface area contributed by atoms with Crippen LogP contribution < -0.4 is 4.90 Å². The van der Waals surface area contributed by atoms with Crippen LogP contribution >= 0.6 is 0 Å². The topological polar surface area (TPSA) is 3.24 Å². The van der Waals surface area contributed by atoms with Gasteiger partial charge in [0.25, 0.3) is 0 Å². The molecule has 0 spiro atoms. The molecule has 276 valence electrons. The van der Waals surface area contributed by atoms with Crippen LogP contribution in [-0.4, -0.2) is 0 Å². The van der Waals surface area contributed by atoms with E-state index in [1.165, 1.54) is 77.9 Å². The average molecular weight is 742 g/mol. The SMILES string of the molecule is CC1(C)c2cc(-c3ccc(-c4ccccc4)cc3)ccc2-c2ccc(N(c3ccc(-c4ccccc4)cc3)c3ccc(-c4ccc(-c5ccccc5)cc4)cc3)cc21. The minimum atomic E-state index is -0.181. The van der Waals surface area contributed by atoms with Crippen molar-refractivity contribution in [3.63, 3.8) is 0 Å². The average Bonchev–Trinajstić information content (AvgIpc) is 3.52. The molecule has 0 saturated heterocycles. The number of anilines is 3. The Bertz CT molecular complexity index is 2840. The standard InChI is InChI=1S/C57H43N/c1-57(2)55-38-49(48-24-22-44(23-25-48)41-14-8-4-9-15-41)30-36-53(55)54-37-35-52(39-56(54)57)58(50-31-26-46(27-32-50)42-16-10-5-11-17-42)51-33-28-47(29-34-51)45-20-18-43(19-21-45)40-12-6-3-7-13-40/h3-39H,1-2H3. The van der Waals surface area contributed by atoms with Crippen molar-refractivity contribution in [2.45, 2.75) is 19.3 Å². The number of benzene rings is 9. The lowest BCUT2D eigenvalue weighted by molar-refractivity contribution is 0.660. The molecule has 1 aliphatic rings. The van der Waals surface area contributed by atoms with Crippen LogP contribution in [0.1, 0.15) is 25.0 Å². The van der Waals surface area contributed by atoms with Gasteiger partial charge in [0.05, 0.1) is 0 Å². The van der Waals surface area contributed by atoms with E-state index in [1.807, 2.05) is 0 Å². The molecule has 0 aliphatic heterocycles. The molecule has 0 radical (unpaired) electrons. The quantitative estimate of drug-likeness (QED) is 0.150. The second-order valence-corrected chi connectivity index (χ2v) is 15.8. The fourth-order valence-corrected chi connectivity index (χ4v) is 8.70. The third-order valence-electron chi connectivity index (χ3n) is 11.9. The van der Waals surface area contributed by atoms with Crippen LogP contribution in [0.3, 0.4) is 0 Å². The summed E-state index contributed by atoms with van der Waals surface area (Å²) in [7, 11) is 0. The molecule has 1 aliphatic carbocycles. The Morgan fingerprint density at radius 1 is 0.259 bits per heavy atom. The van der Waals surface area contributed by atoms with Gasteiger partial charge in [0.15, 0.2) is 0 Å². The smallest absolute Gasteiger partial charge is 0.0465 e. The van der Waals surface area contributed by atoms with Crippen molar-refractivity contribution in [1.29, 1.82) is 0 Å². The van der Waals surface area contributed by atoms with Crippen LogP contribution in [0.15, 0.2) is 224 Å². The van der Waals surface area contributed by atoms with Crippen molar-refractivity contribution in [2.24, 2.45) is 0 Å². The summed E-state index contributed by atoms with van der Waals surface area (Å²) >= 11 is 0. The second kappa shape index (κ2) is 14.7. The van der Waals surface area contributed by atoms with Gasteiger partial charge in [0, 0.05) is 22.5 Å². The van der Waals surface area contributed by atoms with Crippen LogP contribution in [0.25, 0.3) is 66.8 Å². The van der Waals surface area contributed by atoms with Crippen LogP contribution in [-0.2, 0) is 5.41 Å². The maximum atomic E-state index is 2.42. The minimum Gasteiger partial charge on any atom is -0.310 e. The Morgan fingerprint density at radius 3 is 0.931 bits per heavy atom. The van der Waals surface area contributed by atoms with Crippen molar-refractivity contribution < 1.29 is 0 Å². The molecule has 1 heteroatoms. The van der Waals surface area contributed by atoms with Crippen molar-refractivity contribution >= 4 is 17.1 Å². The van der Waals surface area contributed by atoms with Gasteiger partial charge in [-0.25, -0.2) is 0 Å². The third-order valence-corrected chi connectivity index (χ3v) is 11.9. The van der Waals surface area contributed by atoms with E-state index < -0.39 is 0 Å². The van der Waals surface area contributed by atoms with E-state index >= 15 is 0 Å². The maximum absolute atomic E-state index is 2.42. The predicted octanol–water partition coefficient (Wildman–Crippen LogP) is 15.8. The molecule has 0 amide bonds. The van der Waals surface area contributed by atoms with Crippen LogP contribution in [0.2, 0.25) is 0 Å². The zero-order chi connectivity index (χ0) is 39.1. The molecule has 0 heterocycles. The lowest BCUT2D eigenvalue weighted by atomic mass is 9.81. The van der Waals surface area contributed by atoms with Crippen molar-refractivity contribution in [1.82, 2.24) is 0 Å². The van der Waals surface area contributed by atoms with Gasteiger partial charge in [-0.2, -0.15) is 0 Å². The van der Waals surface area contributed by atoms with Gasteiger partial charge < -0.3 is 4.90 Å². The molecule has 0 aromatic heterocycles. The summed E-state index contributed by atoms with van der Waals surface area (Å²) in [5.74, 6) is 0. The molecule has 0 N–H and O–H groups in total. The van der Waals surface area contributed by atoms with E-state index in [9.17, 15) is 0 Å². The largest absolute Gasteiger partial charge is 0.310 e. The Kier molecular flexibility index (Phi) is 8.92. The van der Waals surface area contributed by atoms with Gasteiger partial charge in [-0.1, -0.05) is 196 Å². The van der Waals surface area contributed by atoms with E-state index in [1.54, 1.807) is 0 Å². The van der Waals surface area contributed by atoms with E-state index in [2.05, 4.69) is 243 Å². The number of hydrogen-bond donors (Lipinski definition) is 0. The van der Waals surface area contributed by atoms with Gasteiger partial charge in [-0.05, 0) is 120 Å². The maximum Gasteiger partial charge on any atom is 0.0465 e. The van der Waals surface area contributed by atoms with Crippen LogP contribution in [0.4, 0.5) is 17.1 Å². The zero-order valence-electron chi connectivity index (χ0n) is 32.8. The zero-order valence-corrected chi connectivity index (χ0v) is 32.8. The number of fused-ring (bicyclic) bond motifs is 3. The normalized spacial score (nSPS) is 12.4. The Labute approximate surface area is 342 Å². The van der Waals surface area contributed by atoms with Gasteiger partial charge in [0.1, 0.15) is 0 Å². The summed E-state index contributed by atoms with van der Waals surface area (Å²) in [6.07, 6.45) is 0. The molecule has 10 rings (SSSR count). The van der Waals surface area contributed by atoms with E-state index in [4.69, 9.17) is 0 Å². The van der Waals surface area contributed by atoms with Gasteiger partial charge in [0.2, 0.25) is 0 Å². The Morgan fingerprint density at radius 2 is 0.534 bits per heavy atom. The molecule has 0 atom stereocenters. The molecule has 9 aromatic carbocycles. The highest BCUT2D eigenvalue weighted by Gasteiger charge is 2.36. The second-order valence-electron chi connectivity index (χ2n) is 15.8. The van der Waals surface area contributed by atoms with Crippen LogP contribution in [0.5, 0.6) is 0 Å². The predicted molar refractivity (Wildman–Crippen MR) is 246 cm³/mol. The highest BCUT2D eigenvalue weighted by Crippen LogP contribution is 2.51. The first-order chi connectivity index (χ1) is 28.5. The first-order valence-electron chi connectivity index (χ1n) is 20.2. The molecule has 9 aromatic rings. The molecular formula is C57H43N. The fraction of sp³-hybridized carbons (Fsp3) is 0.0526. The van der Waals surface area contributed by atoms with E-state index in [0.717, 1.165) is 17.1 Å². The number of rotatable bonds is 8. The lowest BCUT2D eigenvalue weighted by Crippen LogP contribution is -2.16. The highest BCUT2D eigenvalue weighted by molar-refractivity contribution is 5.88. The van der Waals surface area contributed by atoms with Crippen LogP contribution in [0, 0.1) is 0 Å². The molecule has 1 nitrogen and oxygen atoms in total. The van der Waals surface area contributed by atoms with E-state index in [0.29, 0.717) is 0 Å². The van der Waals surface area contributed by atoms with E-state index in [-0.39, 0.29) is 5.41 Å². The van der Waals surface area contributed by atoms with Crippen molar-refractivity contribution in [2.75, 3.05) is 4.90 Å². The lowest BCUT2D eigenvalue weighted by Gasteiger charge is -2.28. The van der Waals surface area contributed by atoms with Gasteiger partial charge in [-0.3, -0.25) is 0 Å². The van der Waals surface area contributed by atoms with Crippen molar-refractivity contribution in [3.8, 4) is 66.8 Å². The highest BCUT2D eigenvalue weighted by atomic mass is 15.1. The first kappa shape index (κ1) is 35.2. The van der Waals surface area contributed by atoms with Crippen molar-refractivity contribution in [3.05, 3.63) is 236 Å². The summed E-state index contributed by atoms with van der Waals surface area (Å²) in [5, 5.41) is 0. The minimum absolute atomic E-state index is 0.181. The third kappa shape index (κ3) is 6.51.